The monoisotopic (exact) mass is 411 g/mol. The minimum atomic E-state index is -0.474. The minimum Gasteiger partial charge on any atom is -0.379 e. The van der Waals surface area contributed by atoms with Crippen molar-refractivity contribution in [2.45, 2.75) is 19.3 Å². The Bertz CT molecular complexity index is 968. The number of piperazine rings is 1. The summed E-state index contributed by atoms with van der Waals surface area (Å²) in [5.41, 5.74) is 1.82. The lowest BCUT2D eigenvalue weighted by Crippen LogP contribution is -2.44. The van der Waals surface area contributed by atoms with Gasteiger partial charge in [-0.05, 0) is 32.0 Å². The lowest BCUT2D eigenvalue weighted by Gasteiger charge is -2.35. The predicted molar refractivity (Wildman–Crippen MR) is 121 cm³/mol. The largest absolute Gasteiger partial charge is 0.379 e. The number of anilines is 4. The highest BCUT2D eigenvalue weighted by atomic mass is 16.2. The van der Waals surface area contributed by atoms with Crippen LogP contribution in [0.15, 0.2) is 33.9 Å². The number of hydrogen-bond acceptors (Lipinski definition) is 7. The van der Waals surface area contributed by atoms with Crippen molar-refractivity contribution in [3.05, 3.63) is 44.7 Å². The minimum absolute atomic E-state index is 0.120. The zero-order valence-electron chi connectivity index (χ0n) is 17.4. The third-order valence-corrected chi connectivity index (χ3v) is 5.98. The zero-order valence-corrected chi connectivity index (χ0v) is 17.4. The lowest BCUT2D eigenvalue weighted by molar-refractivity contribution is -0.115. The van der Waals surface area contributed by atoms with E-state index in [1.54, 1.807) is 0 Å². The Morgan fingerprint density at radius 3 is 2.37 bits per heavy atom. The molecule has 2 aromatic rings. The average molecular weight is 412 g/mol. The molecule has 8 heteroatoms. The lowest BCUT2D eigenvalue weighted by atomic mass is 10.1. The molecular formula is C22H29N5O3. The first kappa shape index (κ1) is 20.4. The number of rotatable bonds is 7. The third kappa shape index (κ3) is 4.18. The van der Waals surface area contributed by atoms with Gasteiger partial charge in [-0.25, -0.2) is 0 Å². The van der Waals surface area contributed by atoms with Crippen LogP contribution in [-0.4, -0.2) is 63.7 Å². The van der Waals surface area contributed by atoms with Gasteiger partial charge in [0.2, 0.25) is 5.91 Å². The molecule has 2 fully saturated rings. The normalized spacial score (nSPS) is 17.5. The van der Waals surface area contributed by atoms with Gasteiger partial charge in [0.05, 0.1) is 11.4 Å². The van der Waals surface area contributed by atoms with E-state index in [1.165, 1.54) is 0 Å². The van der Waals surface area contributed by atoms with Crippen LogP contribution in [0, 0.1) is 0 Å². The van der Waals surface area contributed by atoms with E-state index in [-0.39, 0.29) is 12.3 Å². The number of carbonyl (C=O) groups excluding carboxylic acids is 1. The van der Waals surface area contributed by atoms with Crippen LogP contribution in [0.5, 0.6) is 0 Å². The number of para-hydroxylation sites is 2. The van der Waals surface area contributed by atoms with Gasteiger partial charge in [0, 0.05) is 52.2 Å². The van der Waals surface area contributed by atoms with Crippen LogP contribution in [0.1, 0.15) is 19.3 Å². The standard InChI is InChI=1S/C22H29N5O3/c1-25-12-14-26(15-13-25)17-7-3-2-6-16(17)24-18(28)8-9-23-19-20(22(30)21(19)29)27-10-4-5-11-27/h2-3,6-7,23H,4-5,8-15H2,1H3,(H,24,28). The topological polar surface area (TPSA) is 85.0 Å². The van der Waals surface area contributed by atoms with Crippen LogP contribution >= 0.6 is 0 Å². The molecular weight excluding hydrogens is 382 g/mol. The van der Waals surface area contributed by atoms with Crippen LogP contribution < -0.4 is 31.3 Å². The molecule has 30 heavy (non-hydrogen) atoms. The summed E-state index contributed by atoms with van der Waals surface area (Å²) in [6, 6.07) is 7.85. The van der Waals surface area contributed by atoms with Gasteiger partial charge < -0.3 is 25.3 Å². The van der Waals surface area contributed by atoms with E-state index < -0.39 is 10.9 Å². The van der Waals surface area contributed by atoms with Crippen molar-refractivity contribution in [2.24, 2.45) is 0 Å². The summed E-state index contributed by atoms with van der Waals surface area (Å²) in [6.45, 7) is 5.77. The molecule has 0 aromatic heterocycles. The van der Waals surface area contributed by atoms with Gasteiger partial charge >= 0.3 is 0 Å². The Morgan fingerprint density at radius 2 is 1.63 bits per heavy atom. The highest BCUT2D eigenvalue weighted by Gasteiger charge is 2.27. The average Bonchev–Trinajstić information content (AvgIpc) is 3.27. The van der Waals surface area contributed by atoms with E-state index >= 15 is 0 Å². The van der Waals surface area contributed by atoms with Gasteiger partial charge in [0.1, 0.15) is 11.4 Å². The van der Waals surface area contributed by atoms with Gasteiger partial charge in [0.25, 0.3) is 10.9 Å². The molecule has 2 heterocycles. The Labute approximate surface area is 176 Å². The van der Waals surface area contributed by atoms with Crippen LogP contribution in [-0.2, 0) is 4.79 Å². The summed E-state index contributed by atoms with van der Waals surface area (Å²) in [7, 11) is 2.11. The van der Waals surface area contributed by atoms with E-state index in [0.29, 0.717) is 17.9 Å². The summed E-state index contributed by atoms with van der Waals surface area (Å²) in [5, 5.41) is 6.02. The molecule has 2 aromatic carbocycles. The summed E-state index contributed by atoms with van der Waals surface area (Å²) in [5.74, 6) is -0.120. The highest BCUT2D eigenvalue weighted by Crippen LogP contribution is 2.27. The van der Waals surface area contributed by atoms with Crippen molar-refractivity contribution in [1.82, 2.24) is 4.90 Å². The zero-order chi connectivity index (χ0) is 21.1. The molecule has 1 amide bonds. The quantitative estimate of drug-likeness (QED) is 0.660. The number of hydrogen-bond donors (Lipinski definition) is 2. The smallest absolute Gasteiger partial charge is 0.253 e. The Morgan fingerprint density at radius 1 is 0.933 bits per heavy atom. The number of carbonyl (C=O) groups is 1. The maximum Gasteiger partial charge on any atom is 0.253 e. The first-order valence-electron chi connectivity index (χ1n) is 10.7. The first-order chi connectivity index (χ1) is 14.5. The number of nitrogens with one attached hydrogen (secondary N) is 2. The van der Waals surface area contributed by atoms with Crippen molar-refractivity contribution in [1.29, 1.82) is 0 Å². The fraction of sp³-hybridized carbons (Fsp3) is 0.500. The maximum absolute atomic E-state index is 12.5. The molecule has 0 atom stereocenters. The van der Waals surface area contributed by atoms with E-state index in [2.05, 4.69) is 27.5 Å². The molecule has 160 valence electrons. The highest BCUT2D eigenvalue weighted by molar-refractivity contribution is 5.94. The van der Waals surface area contributed by atoms with Gasteiger partial charge in [-0.2, -0.15) is 0 Å². The van der Waals surface area contributed by atoms with E-state index in [9.17, 15) is 14.4 Å². The Kier molecular flexibility index (Phi) is 6.03. The molecule has 0 radical (unpaired) electrons. The SMILES string of the molecule is CN1CCN(c2ccccc2NC(=O)CCNc2c(N3CCCC3)c(=O)c2=O)CC1. The Hall–Kier alpha value is -2.87. The van der Waals surface area contributed by atoms with Crippen molar-refractivity contribution < 1.29 is 4.79 Å². The van der Waals surface area contributed by atoms with Crippen LogP contribution in [0.2, 0.25) is 0 Å². The number of benzene rings is 1. The number of nitrogens with zero attached hydrogens (tertiary/aromatic N) is 3. The fourth-order valence-electron chi connectivity index (χ4n) is 4.20. The third-order valence-electron chi connectivity index (χ3n) is 5.98. The molecule has 2 N–H and O–H groups in total. The van der Waals surface area contributed by atoms with Gasteiger partial charge in [-0.3, -0.25) is 14.4 Å². The van der Waals surface area contributed by atoms with Crippen LogP contribution in [0.25, 0.3) is 0 Å². The molecule has 0 unspecified atom stereocenters. The van der Waals surface area contributed by atoms with Crippen molar-refractivity contribution in [2.75, 3.05) is 73.3 Å². The van der Waals surface area contributed by atoms with E-state index in [0.717, 1.165) is 63.5 Å². The van der Waals surface area contributed by atoms with Crippen LogP contribution in [0.3, 0.4) is 0 Å². The molecule has 0 saturated carbocycles. The molecule has 0 bridgehead atoms. The second-order valence-corrected chi connectivity index (χ2v) is 8.11. The summed E-state index contributed by atoms with van der Waals surface area (Å²) in [6.07, 6.45) is 2.29. The van der Waals surface area contributed by atoms with Crippen LogP contribution in [0.4, 0.5) is 22.7 Å². The van der Waals surface area contributed by atoms with Gasteiger partial charge in [-0.1, -0.05) is 12.1 Å². The first-order valence-corrected chi connectivity index (χ1v) is 10.7. The summed E-state index contributed by atoms with van der Waals surface area (Å²) >= 11 is 0. The van der Waals surface area contributed by atoms with Gasteiger partial charge in [-0.15, -0.1) is 0 Å². The molecule has 2 aliphatic rings. The molecule has 0 spiro atoms. The fourth-order valence-corrected chi connectivity index (χ4v) is 4.20. The Balaban J connectivity index is 1.33. The van der Waals surface area contributed by atoms with Crippen molar-refractivity contribution >= 4 is 28.7 Å². The predicted octanol–water partition coefficient (Wildman–Crippen LogP) is 1.08. The number of amides is 1. The van der Waals surface area contributed by atoms with Gasteiger partial charge in [0.15, 0.2) is 0 Å². The van der Waals surface area contributed by atoms with E-state index in [4.69, 9.17) is 0 Å². The summed E-state index contributed by atoms with van der Waals surface area (Å²) in [4.78, 5) is 42.9. The van der Waals surface area contributed by atoms with Crippen molar-refractivity contribution in [3.63, 3.8) is 0 Å². The van der Waals surface area contributed by atoms with E-state index in [1.807, 2.05) is 29.2 Å². The molecule has 0 aliphatic carbocycles. The van der Waals surface area contributed by atoms with Crippen molar-refractivity contribution in [3.8, 4) is 0 Å². The summed E-state index contributed by atoms with van der Waals surface area (Å²) < 4.78 is 0. The molecule has 2 aliphatic heterocycles. The second kappa shape index (κ2) is 8.87. The molecule has 2 saturated heterocycles. The maximum atomic E-state index is 12.5. The number of likely N-dealkylation sites (N-methyl/N-ethyl adjacent to an activating group) is 1. The molecule has 4 rings (SSSR count). The second-order valence-electron chi connectivity index (χ2n) is 8.11. The molecule has 8 nitrogen and oxygen atoms in total.